The summed E-state index contributed by atoms with van der Waals surface area (Å²) in [5.74, 6) is -0.284. The highest BCUT2D eigenvalue weighted by Crippen LogP contribution is 2.20. The summed E-state index contributed by atoms with van der Waals surface area (Å²) in [7, 11) is -2.50. The van der Waals surface area contributed by atoms with E-state index in [1.807, 2.05) is 6.92 Å². The zero-order valence-electron chi connectivity index (χ0n) is 12.5. The number of H-pyrrole nitrogens is 1. The van der Waals surface area contributed by atoms with Gasteiger partial charge < -0.3 is 4.74 Å². The van der Waals surface area contributed by atoms with Crippen molar-refractivity contribution in [3.8, 4) is 0 Å². The van der Waals surface area contributed by atoms with Crippen molar-refractivity contribution in [1.29, 1.82) is 0 Å². The van der Waals surface area contributed by atoms with Crippen LogP contribution in [0.25, 0.3) is 0 Å². The Kier molecular flexibility index (Phi) is 4.51. The second-order valence-corrected chi connectivity index (χ2v) is 6.36. The fourth-order valence-electron chi connectivity index (χ4n) is 1.98. The van der Waals surface area contributed by atoms with Crippen molar-refractivity contribution in [2.24, 2.45) is 0 Å². The van der Waals surface area contributed by atoms with Crippen molar-refractivity contribution >= 4 is 21.8 Å². The van der Waals surface area contributed by atoms with Gasteiger partial charge in [-0.25, -0.2) is 13.2 Å². The van der Waals surface area contributed by atoms with Crippen LogP contribution in [0.4, 0.5) is 5.82 Å². The molecule has 0 aliphatic rings. The normalized spacial score (nSPS) is 11.2. The van der Waals surface area contributed by atoms with E-state index in [1.54, 1.807) is 13.0 Å². The monoisotopic (exact) mass is 323 g/mol. The first-order chi connectivity index (χ1) is 10.4. The van der Waals surface area contributed by atoms with Crippen molar-refractivity contribution in [1.82, 2.24) is 10.2 Å². The predicted molar refractivity (Wildman–Crippen MR) is 81.3 cm³/mol. The molecule has 0 amide bonds. The lowest BCUT2D eigenvalue weighted by atomic mass is 10.1. The van der Waals surface area contributed by atoms with Crippen molar-refractivity contribution in [2.45, 2.75) is 25.2 Å². The SMILES string of the molecule is CCc1cc(NS(=O)(=O)c2ccc(C(=O)OC)cc2C)n[nH]1. The van der Waals surface area contributed by atoms with E-state index in [-0.39, 0.29) is 10.7 Å². The number of nitrogens with zero attached hydrogens (tertiary/aromatic N) is 1. The molecule has 0 spiro atoms. The van der Waals surface area contributed by atoms with Crippen LogP contribution >= 0.6 is 0 Å². The second kappa shape index (κ2) is 6.18. The maximum absolute atomic E-state index is 12.4. The highest BCUT2D eigenvalue weighted by molar-refractivity contribution is 7.92. The number of rotatable bonds is 5. The number of nitrogens with one attached hydrogen (secondary N) is 2. The first-order valence-electron chi connectivity index (χ1n) is 6.63. The maximum Gasteiger partial charge on any atom is 0.337 e. The standard InChI is InChI=1S/C14H17N3O4S/c1-4-11-8-13(16-15-11)17-22(19,20)12-6-5-10(7-9(12)2)14(18)21-3/h5-8H,4H2,1-3H3,(H2,15,16,17). The molecule has 0 saturated carbocycles. The van der Waals surface area contributed by atoms with Gasteiger partial charge in [-0.1, -0.05) is 6.92 Å². The van der Waals surface area contributed by atoms with E-state index in [1.165, 1.54) is 25.3 Å². The van der Waals surface area contributed by atoms with E-state index in [0.29, 0.717) is 11.1 Å². The van der Waals surface area contributed by atoms with Gasteiger partial charge >= 0.3 is 5.97 Å². The summed E-state index contributed by atoms with van der Waals surface area (Å²) >= 11 is 0. The van der Waals surface area contributed by atoms with Gasteiger partial charge in [-0.05, 0) is 37.1 Å². The van der Waals surface area contributed by atoms with Gasteiger partial charge in [0.05, 0.1) is 17.6 Å². The third-order valence-corrected chi connectivity index (χ3v) is 4.65. The molecule has 2 N–H and O–H groups in total. The van der Waals surface area contributed by atoms with Gasteiger partial charge in [0.2, 0.25) is 0 Å². The average Bonchev–Trinajstić information content (AvgIpc) is 2.92. The number of methoxy groups -OCH3 is 1. The van der Waals surface area contributed by atoms with Crippen molar-refractivity contribution < 1.29 is 17.9 Å². The number of hydrogen-bond acceptors (Lipinski definition) is 5. The third-order valence-electron chi connectivity index (χ3n) is 3.14. The minimum atomic E-state index is -3.77. The summed E-state index contributed by atoms with van der Waals surface area (Å²) in [5, 5.41) is 6.63. The Morgan fingerprint density at radius 1 is 1.36 bits per heavy atom. The molecule has 0 aliphatic heterocycles. The quantitative estimate of drug-likeness (QED) is 0.818. The lowest BCUT2D eigenvalue weighted by molar-refractivity contribution is 0.0600. The number of benzene rings is 1. The predicted octanol–water partition coefficient (Wildman–Crippen LogP) is 1.87. The molecule has 0 bridgehead atoms. The zero-order chi connectivity index (χ0) is 16.3. The van der Waals surface area contributed by atoms with Gasteiger partial charge in [0, 0.05) is 11.8 Å². The molecule has 1 aromatic carbocycles. The Bertz CT molecular complexity index is 796. The van der Waals surface area contributed by atoms with Gasteiger partial charge in [-0.3, -0.25) is 9.82 Å². The molecule has 8 heteroatoms. The molecule has 1 heterocycles. The molecule has 0 fully saturated rings. The summed E-state index contributed by atoms with van der Waals surface area (Å²) in [4.78, 5) is 11.5. The summed E-state index contributed by atoms with van der Waals surface area (Å²) in [6.07, 6.45) is 0.724. The molecule has 1 aromatic heterocycles. The summed E-state index contributed by atoms with van der Waals surface area (Å²) in [6.45, 7) is 3.55. The minimum Gasteiger partial charge on any atom is -0.465 e. The minimum absolute atomic E-state index is 0.0844. The van der Waals surface area contributed by atoms with Crippen LogP contribution in [-0.4, -0.2) is 31.7 Å². The van der Waals surface area contributed by atoms with Crippen molar-refractivity contribution in [3.05, 3.63) is 41.1 Å². The van der Waals surface area contributed by atoms with Crippen LogP contribution in [0.5, 0.6) is 0 Å². The number of anilines is 1. The number of hydrogen-bond donors (Lipinski definition) is 2. The third kappa shape index (κ3) is 3.28. The Morgan fingerprint density at radius 2 is 2.09 bits per heavy atom. The molecule has 0 atom stereocenters. The summed E-state index contributed by atoms with van der Waals surface area (Å²) < 4.78 is 31.8. The van der Waals surface area contributed by atoms with E-state index in [0.717, 1.165) is 12.1 Å². The van der Waals surface area contributed by atoms with E-state index in [2.05, 4.69) is 19.7 Å². The second-order valence-electron chi connectivity index (χ2n) is 4.71. The first kappa shape index (κ1) is 16.0. The molecule has 22 heavy (non-hydrogen) atoms. The summed E-state index contributed by atoms with van der Waals surface area (Å²) in [5.41, 5.74) is 1.57. The van der Waals surface area contributed by atoms with E-state index >= 15 is 0 Å². The number of ether oxygens (including phenoxy) is 1. The molecule has 0 radical (unpaired) electrons. The fraction of sp³-hybridized carbons (Fsp3) is 0.286. The van der Waals surface area contributed by atoms with Crippen molar-refractivity contribution in [2.75, 3.05) is 11.8 Å². The smallest absolute Gasteiger partial charge is 0.337 e. The number of esters is 1. The molecule has 0 saturated heterocycles. The van der Waals surface area contributed by atoms with E-state index < -0.39 is 16.0 Å². The Morgan fingerprint density at radius 3 is 2.64 bits per heavy atom. The fourth-order valence-corrected chi connectivity index (χ4v) is 3.20. The van der Waals surface area contributed by atoms with Crippen LogP contribution in [0.1, 0.15) is 28.5 Å². The largest absolute Gasteiger partial charge is 0.465 e. The molecular formula is C14H17N3O4S. The number of aromatic amines is 1. The van der Waals surface area contributed by atoms with Gasteiger partial charge in [0.25, 0.3) is 10.0 Å². The highest BCUT2D eigenvalue weighted by atomic mass is 32.2. The molecule has 0 unspecified atom stereocenters. The van der Waals surface area contributed by atoms with Crippen LogP contribution in [0.2, 0.25) is 0 Å². The molecular weight excluding hydrogens is 306 g/mol. The van der Waals surface area contributed by atoms with Crippen LogP contribution < -0.4 is 4.72 Å². The maximum atomic E-state index is 12.4. The van der Waals surface area contributed by atoms with E-state index in [4.69, 9.17) is 0 Å². The molecule has 7 nitrogen and oxygen atoms in total. The zero-order valence-corrected chi connectivity index (χ0v) is 13.3. The number of sulfonamides is 1. The number of aromatic nitrogens is 2. The number of aryl methyl sites for hydroxylation is 2. The van der Waals surface area contributed by atoms with Crippen LogP contribution in [0.3, 0.4) is 0 Å². The van der Waals surface area contributed by atoms with Gasteiger partial charge in [-0.2, -0.15) is 5.10 Å². The lowest BCUT2D eigenvalue weighted by Gasteiger charge is -2.09. The van der Waals surface area contributed by atoms with E-state index in [9.17, 15) is 13.2 Å². The number of carbonyl (C=O) groups excluding carboxylic acids is 1. The van der Waals surface area contributed by atoms with Gasteiger partial charge in [-0.15, -0.1) is 0 Å². The number of carbonyl (C=O) groups is 1. The Hall–Kier alpha value is -2.35. The molecule has 2 aromatic rings. The Labute approximate surface area is 128 Å². The Balaban J connectivity index is 2.31. The molecule has 2 rings (SSSR count). The topological polar surface area (TPSA) is 101 Å². The van der Waals surface area contributed by atoms with Crippen LogP contribution in [0, 0.1) is 6.92 Å². The average molecular weight is 323 g/mol. The van der Waals surface area contributed by atoms with Crippen LogP contribution in [0.15, 0.2) is 29.2 Å². The van der Waals surface area contributed by atoms with Crippen molar-refractivity contribution in [3.63, 3.8) is 0 Å². The highest BCUT2D eigenvalue weighted by Gasteiger charge is 2.19. The lowest BCUT2D eigenvalue weighted by Crippen LogP contribution is -2.15. The molecule has 118 valence electrons. The van der Waals surface area contributed by atoms with Gasteiger partial charge in [0.15, 0.2) is 5.82 Å². The first-order valence-corrected chi connectivity index (χ1v) is 8.11. The molecule has 0 aliphatic carbocycles. The summed E-state index contributed by atoms with van der Waals surface area (Å²) in [6, 6.07) is 5.89. The van der Waals surface area contributed by atoms with Crippen LogP contribution in [-0.2, 0) is 21.2 Å². The van der Waals surface area contributed by atoms with Gasteiger partial charge in [0.1, 0.15) is 0 Å².